The zero-order valence-electron chi connectivity index (χ0n) is 15.0. The van der Waals surface area contributed by atoms with Gasteiger partial charge in [-0.05, 0) is 34.2 Å². The Morgan fingerprint density at radius 2 is 1.54 bits per heavy atom. The second-order valence-electron chi connectivity index (χ2n) is 7.62. The largest absolute Gasteiger partial charge is 0.311 e. The minimum atomic E-state index is 0.131. The molecule has 2 aliphatic heterocycles. The molecule has 0 unspecified atom stereocenters. The van der Waals surface area contributed by atoms with E-state index >= 15 is 0 Å². The van der Waals surface area contributed by atoms with Crippen LogP contribution in [0.3, 0.4) is 0 Å². The van der Waals surface area contributed by atoms with Gasteiger partial charge in [-0.25, -0.2) is 4.85 Å². The molecule has 28 heavy (non-hydrogen) atoms. The lowest BCUT2D eigenvalue weighted by Gasteiger charge is -2.25. The van der Waals surface area contributed by atoms with E-state index in [1.165, 1.54) is 49.5 Å². The van der Waals surface area contributed by atoms with Crippen molar-refractivity contribution in [3.63, 3.8) is 0 Å². The second-order valence-corrected chi connectivity index (χ2v) is 7.62. The summed E-state index contributed by atoms with van der Waals surface area (Å²) in [5.74, 6) is 0. The first-order valence-corrected chi connectivity index (χ1v) is 9.54. The highest BCUT2D eigenvalue weighted by Gasteiger charge is 2.41. The molecule has 2 aliphatic rings. The fraction of sp³-hybridized carbons (Fsp3) is 0. The molecule has 5 aromatic rings. The van der Waals surface area contributed by atoms with Crippen LogP contribution in [-0.4, -0.2) is 11.3 Å². The van der Waals surface area contributed by atoms with Crippen LogP contribution in [0.5, 0.6) is 0 Å². The average Bonchev–Trinajstić information content (AvgIpc) is 3.27. The molecule has 1 aromatic heterocycles. The van der Waals surface area contributed by atoms with Crippen molar-refractivity contribution in [3.05, 3.63) is 90.3 Å². The third-order valence-corrected chi connectivity index (χ3v) is 6.44. The molecule has 0 amide bonds. The number of fused-ring (bicyclic) bond motifs is 8. The molecule has 0 spiro atoms. The van der Waals surface area contributed by atoms with Crippen LogP contribution in [0.15, 0.2) is 78.9 Å². The van der Waals surface area contributed by atoms with Crippen molar-refractivity contribution in [1.82, 2.24) is 4.57 Å². The highest BCUT2D eigenvalue weighted by molar-refractivity contribution is 7.02. The minimum Gasteiger partial charge on any atom is -0.311 e. The maximum absolute atomic E-state index is 7.86. The molecular formula is C25H13BN2. The van der Waals surface area contributed by atoms with Crippen LogP contribution in [0.25, 0.3) is 43.5 Å². The first-order chi connectivity index (χ1) is 13.9. The molecule has 0 fully saturated rings. The summed E-state index contributed by atoms with van der Waals surface area (Å²) < 4.78 is 2.38. The summed E-state index contributed by atoms with van der Waals surface area (Å²) in [4.78, 5) is 3.94. The Bertz CT molecular complexity index is 1530. The van der Waals surface area contributed by atoms with Crippen LogP contribution < -0.4 is 16.4 Å². The SMILES string of the molecule is [C-]#[N+]c1ccc2c3ccccc3n3c2c1B1c2ccccc2-c2cccc-3c21. The maximum Gasteiger partial charge on any atom is 0.237 e. The number of hydrogen-bond acceptors (Lipinski definition) is 0. The Morgan fingerprint density at radius 1 is 0.714 bits per heavy atom. The molecule has 2 nitrogen and oxygen atoms in total. The highest BCUT2D eigenvalue weighted by Crippen LogP contribution is 2.38. The minimum absolute atomic E-state index is 0.131. The van der Waals surface area contributed by atoms with Crippen molar-refractivity contribution in [3.8, 4) is 16.8 Å². The summed E-state index contributed by atoms with van der Waals surface area (Å²) in [6.45, 7) is 7.99. The van der Waals surface area contributed by atoms with Gasteiger partial charge in [0.1, 0.15) is 0 Å². The normalized spacial score (nSPS) is 12.9. The summed E-state index contributed by atoms with van der Waals surface area (Å²) in [7, 11) is 0. The first kappa shape index (κ1) is 14.3. The molecule has 0 aliphatic carbocycles. The zero-order valence-corrected chi connectivity index (χ0v) is 15.0. The number of aromatic nitrogens is 1. The summed E-state index contributed by atoms with van der Waals surface area (Å²) in [5.41, 5.74) is 10.8. The van der Waals surface area contributed by atoms with Gasteiger partial charge in [0.15, 0.2) is 5.69 Å². The Hall–Kier alpha value is -3.77. The van der Waals surface area contributed by atoms with E-state index in [-0.39, 0.29) is 6.71 Å². The van der Waals surface area contributed by atoms with Crippen LogP contribution in [0, 0.1) is 6.57 Å². The molecule has 0 saturated heterocycles. The van der Waals surface area contributed by atoms with Gasteiger partial charge >= 0.3 is 0 Å². The van der Waals surface area contributed by atoms with Gasteiger partial charge in [-0.15, -0.1) is 0 Å². The molecule has 0 atom stereocenters. The van der Waals surface area contributed by atoms with Gasteiger partial charge in [0.05, 0.1) is 12.1 Å². The molecule has 7 rings (SSSR count). The predicted molar refractivity (Wildman–Crippen MR) is 117 cm³/mol. The average molecular weight is 352 g/mol. The standard InChI is InChI=1S/C25H13BN2/c1-27-20-14-13-18-16-8-3-5-11-21(16)28-22-12-6-9-17-15-7-2-4-10-19(15)26(23(17)22)24(20)25(18)28/h2-14H. The van der Waals surface area contributed by atoms with E-state index in [4.69, 9.17) is 6.57 Å². The van der Waals surface area contributed by atoms with Gasteiger partial charge in [0.2, 0.25) is 6.71 Å². The summed E-state index contributed by atoms with van der Waals surface area (Å²) in [6.07, 6.45) is 0. The molecule has 126 valence electrons. The monoisotopic (exact) mass is 352 g/mol. The summed E-state index contributed by atoms with van der Waals surface area (Å²) >= 11 is 0. The molecule has 0 bridgehead atoms. The highest BCUT2D eigenvalue weighted by atomic mass is 15.0. The van der Waals surface area contributed by atoms with E-state index in [9.17, 15) is 0 Å². The van der Waals surface area contributed by atoms with Gasteiger partial charge in [-0.2, -0.15) is 0 Å². The smallest absolute Gasteiger partial charge is 0.237 e. The van der Waals surface area contributed by atoms with E-state index in [0.717, 1.165) is 11.2 Å². The van der Waals surface area contributed by atoms with Crippen LogP contribution in [0.4, 0.5) is 5.69 Å². The van der Waals surface area contributed by atoms with Gasteiger partial charge in [-0.1, -0.05) is 72.2 Å². The van der Waals surface area contributed by atoms with Crippen molar-refractivity contribution in [2.75, 3.05) is 0 Å². The van der Waals surface area contributed by atoms with E-state index < -0.39 is 0 Å². The molecule has 3 heterocycles. The molecule has 0 saturated carbocycles. The van der Waals surface area contributed by atoms with Gasteiger partial charge in [-0.3, -0.25) is 0 Å². The first-order valence-electron chi connectivity index (χ1n) is 9.54. The van der Waals surface area contributed by atoms with Crippen LogP contribution in [0.2, 0.25) is 0 Å². The second kappa shape index (κ2) is 4.74. The Kier molecular flexibility index (Phi) is 2.42. The number of nitrogens with zero attached hydrogens (tertiary/aromatic N) is 2. The third-order valence-electron chi connectivity index (χ3n) is 6.44. The Morgan fingerprint density at radius 3 is 2.46 bits per heavy atom. The van der Waals surface area contributed by atoms with Gasteiger partial charge in [0.25, 0.3) is 0 Å². The molecule has 3 heteroatoms. The van der Waals surface area contributed by atoms with E-state index in [0.29, 0.717) is 0 Å². The zero-order chi connectivity index (χ0) is 18.4. The number of benzene rings is 4. The van der Waals surface area contributed by atoms with Crippen LogP contribution in [0.1, 0.15) is 0 Å². The van der Waals surface area contributed by atoms with Crippen molar-refractivity contribution >= 4 is 50.6 Å². The maximum atomic E-state index is 7.86. The Labute approximate surface area is 162 Å². The van der Waals surface area contributed by atoms with E-state index in [2.05, 4.69) is 82.2 Å². The van der Waals surface area contributed by atoms with Gasteiger partial charge < -0.3 is 4.57 Å². The fourth-order valence-electron chi connectivity index (χ4n) is 5.44. The van der Waals surface area contributed by atoms with Crippen molar-refractivity contribution in [2.45, 2.75) is 0 Å². The Balaban J connectivity index is 1.81. The summed E-state index contributed by atoms with van der Waals surface area (Å²) in [5, 5.41) is 2.49. The molecular weight excluding hydrogens is 339 g/mol. The third kappa shape index (κ3) is 1.45. The topological polar surface area (TPSA) is 9.29 Å². The number of hydrogen-bond donors (Lipinski definition) is 0. The van der Waals surface area contributed by atoms with Crippen molar-refractivity contribution in [2.24, 2.45) is 0 Å². The number of para-hydroxylation sites is 1. The lowest BCUT2D eigenvalue weighted by molar-refractivity contribution is 1.19. The lowest BCUT2D eigenvalue weighted by Crippen LogP contribution is -2.53. The van der Waals surface area contributed by atoms with E-state index in [1.54, 1.807) is 0 Å². The van der Waals surface area contributed by atoms with E-state index in [1.807, 2.05) is 6.07 Å². The predicted octanol–water partition coefficient (Wildman–Crippen LogP) is 4.14. The lowest BCUT2D eigenvalue weighted by atomic mass is 9.37. The molecule has 0 N–H and O–H groups in total. The summed E-state index contributed by atoms with van der Waals surface area (Å²) in [6, 6.07) is 28.0. The van der Waals surface area contributed by atoms with Gasteiger partial charge in [0, 0.05) is 22.0 Å². The fourth-order valence-corrected chi connectivity index (χ4v) is 5.44. The van der Waals surface area contributed by atoms with Crippen molar-refractivity contribution in [1.29, 1.82) is 0 Å². The molecule has 4 aromatic carbocycles. The quantitative estimate of drug-likeness (QED) is 0.287. The molecule has 0 radical (unpaired) electrons. The van der Waals surface area contributed by atoms with Crippen molar-refractivity contribution < 1.29 is 0 Å². The van der Waals surface area contributed by atoms with Crippen LogP contribution >= 0.6 is 0 Å². The number of rotatable bonds is 0. The van der Waals surface area contributed by atoms with Crippen LogP contribution in [-0.2, 0) is 0 Å².